The van der Waals surface area contributed by atoms with E-state index in [4.69, 9.17) is 5.73 Å². The lowest BCUT2D eigenvalue weighted by molar-refractivity contribution is -0.156. The Morgan fingerprint density at radius 3 is 2.27 bits per heavy atom. The number of anilines is 1. The molecule has 0 spiro atoms. The molecule has 1 atom stereocenters. The minimum atomic E-state index is -0.586. The zero-order chi connectivity index (χ0) is 19.7. The van der Waals surface area contributed by atoms with E-state index in [0.29, 0.717) is 24.4 Å². The van der Waals surface area contributed by atoms with Gasteiger partial charge in [-0.15, -0.1) is 0 Å². The zero-order valence-corrected chi connectivity index (χ0v) is 16.9. The van der Waals surface area contributed by atoms with E-state index in [1.165, 1.54) is 0 Å². The molecule has 1 aliphatic rings. The third-order valence-electron chi connectivity index (χ3n) is 5.48. The molecule has 0 aliphatic carbocycles. The first-order valence-electron chi connectivity index (χ1n) is 9.49. The molecule has 1 heterocycles. The molecular weight excluding hydrogens is 326 g/mol. The molecule has 1 aromatic carbocycles. The summed E-state index contributed by atoms with van der Waals surface area (Å²) in [4.78, 5) is 27.6. The van der Waals surface area contributed by atoms with Gasteiger partial charge in [-0.1, -0.05) is 32.0 Å². The Labute approximate surface area is 157 Å². The van der Waals surface area contributed by atoms with Crippen molar-refractivity contribution in [3.63, 3.8) is 0 Å². The summed E-state index contributed by atoms with van der Waals surface area (Å²) in [5.74, 6) is -0.773. The van der Waals surface area contributed by atoms with Crippen LogP contribution in [0.25, 0.3) is 0 Å². The van der Waals surface area contributed by atoms with Gasteiger partial charge in [-0.3, -0.25) is 9.59 Å². The van der Waals surface area contributed by atoms with E-state index in [1.54, 1.807) is 4.90 Å². The topological polar surface area (TPSA) is 75.4 Å². The molecule has 0 bridgehead atoms. The van der Waals surface area contributed by atoms with Crippen LogP contribution in [0, 0.1) is 0 Å². The van der Waals surface area contributed by atoms with Crippen LogP contribution in [0.15, 0.2) is 24.3 Å². The highest BCUT2D eigenvalue weighted by Crippen LogP contribution is 2.38. The van der Waals surface area contributed by atoms with E-state index in [1.807, 2.05) is 52.0 Å². The number of para-hydroxylation sites is 1. The lowest BCUT2D eigenvalue weighted by Crippen LogP contribution is -2.66. The van der Waals surface area contributed by atoms with Gasteiger partial charge in [0, 0.05) is 22.8 Å². The summed E-state index contributed by atoms with van der Waals surface area (Å²) >= 11 is 0. The molecule has 1 unspecified atom stereocenters. The number of rotatable bonds is 3. The average molecular weight is 360 g/mol. The fourth-order valence-corrected chi connectivity index (χ4v) is 4.44. The Morgan fingerprint density at radius 2 is 1.73 bits per heavy atom. The molecule has 0 saturated carbocycles. The molecule has 5 nitrogen and oxygen atoms in total. The van der Waals surface area contributed by atoms with Crippen LogP contribution in [0.4, 0.5) is 5.69 Å². The summed E-state index contributed by atoms with van der Waals surface area (Å²) < 4.78 is 0. The fourth-order valence-electron chi connectivity index (χ4n) is 4.44. The zero-order valence-electron chi connectivity index (χ0n) is 16.9. The van der Waals surface area contributed by atoms with Crippen molar-refractivity contribution in [2.75, 3.05) is 5.32 Å². The van der Waals surface area contributed by atoms with Crippen molar-refractivity contribution in [2.45, 2.75) is 83.8 Å². The van der Waals surface area contributed by atoms with Crippen LogP contribution in [0.2, 0.25) is 0 Å². The van der Waals surface area contributed by atoms with Crippen LogP contribution in [-0.4, -0.2) is 33.8 Å². The summed E-state index contributed by atoms with van der Waals surface area (Å²) in [6, 6.07) is 7.71. The molecule has 144 valence electrons. The number of hydrogen-bond acceptors (Lipinski definition) is 3. The highest BCUT2D eigenvalue weighted by molar-refractivity contribution is 6.40. The molecule has 1 fully saturated rings. The van der Waals surface area contributed by atoms with Gasteiger partial charge < -0.3 is 16.0 Å². The van der Waals surface area contributed by atoms with Crippen LogP contribution < -0.4 is 11.1 Å². The monoisotopic (exact) mass is 359 g/mol. The van der Waals surface area contributed by atoms with Gasteiger partial charge in [0.2, 0.25) is 0 Å². The van der Waals surface area contributed by atoms with Gasteiger partial charge in [0.1, 0.15) is 0 Å². The summed E-state index contributed by atoms with van der Waals surface area (Å²) in [6.07, 6.45) is 2.32. The van der Waals surface area contributed by atoms with Gasteiger partial charge in [0.15, 0.2) is 0 Å². The maximum absolute atomic E-state index is 13.1. The number of nitrogens with one attached hydrogen (secondary N) is 1. The molecule has 1 saturated heterocycles. The predicted octanol–water partition coefficient (Wildman–Crippen LogP) is 3.65. The normalized spacial score (nSPS) is 20.5. The Bertz CT molecular complexity index is 664. The third kappa shape index (κ3) is 4.09. The van der Waals surface area contributed by atoms with Crippen molar-refractivity contribution in [2.24, 2.45) is 5.73 Å². The first-order chi connectivity index (χ1) is 12.0. The highest BCUT2D eigenvalue weighted by Gasteiger charge is 2.48. The Hall–Kier alpha value is -1.88. The van der Waals surface area contributed by atoms with E-state index in [0.717, 1.165) is 12.0 Å². The molecule has 0 radical (unpaired) electrons. The second-order valence-corrected chi connectivity index (χ2v) is 8.78. The van der Waals surface area contributed by atoms with Crippen LogP contribution in [0.1, 0.15) is 72.3 Å². The number of nitrogens with zero attached hydrogens (tertiary/aromatic N) is 1. The van der Waals surface area contributed by atoms with Gasteiger partial charge >= 0.3 is 11.8 Å². The van der Waals surface area contributed by atoms with E-state index in [9.17, 15) is 9.59 Å². The number of piperidine rings is 1. The molecule has 0 aromatic heterocycles. The van der Waals surface area contributed by atoms with E-state index in [-0.39, 0.29) is 6.04 Å². The summed E-state index contributed by atoms with van der Waals surface area (Å²) in [6.45, 7) is 12.1. The van der Waals surface area contributed by atoms with Crippen molar-refractivity contribution in [3.05, 3.63) is 29.8 Å². The first kappa shape index (κ1) is 20.4. The van der Waals surface area contributed by atoms with Gasteiger partial charge in [-0.25, -0.2) is 0 Å². The largest absolute Gasteiger partial charge is 0.328 e. The molecule has 2 rings (SSSR count). The quantitative estimate of drug-likeness (QED) is 0.809. The Kier molecular flexibility index (Phi) is 5.81. The molecule has 1 aliphatic heterocycles. The molecule has 26 heavy (non-hydrogen) atoms. The van der Waals surface area contributed by atoms with Gasteiger partial charge in [0.25, 0.3) is 0 Å². The second kappa shape index (κ2) is 7.39. The summed E-state index contributed by atoms with van der Waals surface area (Å²) in [5, 5.41) is 2.85. The van der Waals surface area contributed by atoms with E-state index < -0.39 is 22.9 Å². The summed E-state index contributed by atoms with van der Waals surface area (Å²) in [5.41, 5.74) is 7.01. The number of nitrogens with two attached hydrogens (primary N) is 1. The van der Waals surface area contributed by atoms with Gasteiger partial charge in [-0.05, 0) is 64.5 Å². The maximum atomic E-state index is 13.1. The number of benzene rings is 1. The average Bonchev–Trinajstić information content (AvgIpc) is 2.51. The molecule has 3 N–H and O–H groups in total. The number of hydrogen-bond donors (Lipinski definition) is 2. The number of carbonyl (C=O) groups excluding carboxylic acids is 2. The lowest BCUT2D eigenvalue weighted by atomic mass is 9.77. The maximum Gasteiger partial charge on any atom is 0.313 e. The van der Waals surface area contributed by atoms with Crippen LogP contribution in [0.5, 0.6) is 0 Å². The molecule has 1 aromatic rings. The van der Waals surface area contributed by atoms with E-state index >= 15 is 0 Å². The van der Waals surface area contributed by atoms with Crippen LogP contribution in [0.3, 0.4) is 0 Å². The standard InChI is InChI=1S/C21H33N3O2/c1-7-14(2)16-10-8-9-11-17(16)23-18(25)19(26)24-20(3,4)12-15(22)13-21(24,5)6/h8-11,14-15H,7,12-13,22H2,1-6H3,(H,23,25). The minimum Gasteiger partial charge on any atom is -0.328 e. The molecule has 2 amide bonds. The number of amides is 2. The van der Waals surface area contributed by atoms with Crippen LogP contribution >= 0.6 is 0 Å². The van der Waals surface area contributed by atoms with Crippen molar-refractivity contribution < 1.29 is 9.59 Å². The fraction of sp³-hybridized carbons (Fsp3) is 0.619. The number of likely N-dealkylation sites (tertiary alicyclic amines) is 1. The van der Waals surface area contributed by atoms with Crippen molar-refractivity contribution >= 4 is 17.5 Å². The molecule has 5 heteroatoms. The Balaban J connectivity index is 2.26. The Morgan fingerprint density at radius 1 is 1.19 bits per heavy atom. The van der Waals surface area contributed by atoms with E-state index in [2.05, 4.69) is 19.2 Å². The smallest absolute Gasteiger partial charge is 0.313 e. The molecular formula is C21H33N3O2. The van der Waals surface area contributed by atoms with Gasteiger partial charge in [0.05, 0.1) is 0 Å². The predicted molar refractivity (Wildman–Crippen MR) is 106 cm³/mol. The van der Waals surface area contributed by atoms with Crippen LogP contribution in [-0.2, 0) is 9.59 Å². The lowest BCUT2D eigenvalue weighted by Gasteiger charge is -2.54. The first-order valence-corrected chi connectivity index (χ1v) is 9.49. The van der Waals surface area contributed by atoms with Crippen molar-refractivity contribution in [1.29, 1.82) is 0 Å². The second-order valence-electron chi connectivity index (χ2n) is 8.78. The van der Waals surface area contributed by atoms with Crippen molar-refractivity contribution in [1.82, 2.24) is 4.90 Å². The summed E-state index contributed by atoms with van der Waals surface area (Å²) in [7, 11) is 0. The highest BCUT2D eigenvalue weighted by atomic mass is 16.2. The van der Waals surface area contributed by atoms with Gasteiger partial charge in [-0.2, -0.15) is 0 Å². The minimum absolute atomic E-state index is 0.0261. The SMILES string of the molecule is CCC(C)c1ccccc1NC(=O)C(=O)N1C(C)(C)CC(N)CC1(C)C. The number of carbonyl (C=O) groups is 2. The third-order valence-corrected chi connectivity index (χ3v) is 5.48. The van der Waals surface area contributed by atoms with Crippen molar-refractivity contribution in [3.8, 4) is 0 Å².